The average molecular weight is 429 g/mol. The van der Waals surface area contributed by atoms with Gasteiger partial charge >= 0.3 is 22.5 Å². The third-order valence-electron chi connectivity index (χ3n) is 4.07. The first kappa shape index (κ1) is 21.1. The lowest BCUT2D eigenvalue weighted by Gasteiger charge is -2.21. The van der Waals surface area contributed by atoms with Crippen LogP contribution in [0.1, 0.15) is 26.5 Å². The molecule has 0 radical (unpaired) electrons. The van der Waals surface area contributed by atoms with Crippen molar-refractivity contribution in [2.75, 3.05) is 19.6 Å². The lowest BCUT2D eigenvalue weighted by Crippen LogP contribution is -2.35. The molecule has 2 aliphatic rings. The van der Waals surface area contributed by atoms with Crippen molar-refractivity contribution in [2.24, 2.45) is 0 Å². The van der Waals surface area contributed by atoms with Gasteiger partial charge in [-0.1, -0.05) is 0 Å². The molecule has 12 nitrogen and oxygen atoms in total. The number of nitrogens with zero attached hydrogens (tertiary/aromatic N) is 4. The zero-order valence-corrected chi connectivity index (χ0v) is 17.0. The predicted molar refractivity (Wildman–Crippen MR) is 99.7 cm³/mol. The second-order valence-electron chi connectivity index (χ2n) is 7.65. The molecule has 3 amide bonds. The summed E-state index contributed by atoms with van der Waals surface area (Å²) in [6.07, 6.45) is 3.33. The van der Waals surface area contributed by atoms with Crippen LogP contribution in [0.2, 0.25) is 0 Å². The van der Waals surface area contributed by atoms with Crippen LogP contribution in [0, 0.1) is 0 Å². The summed E-state index contributed by atoms with van der Waals surface area (Å²) >= 11 is 0. The van der Waals surface area contributed by atoms with E-state index in [1.807, 2.05) is 0 Å². The average Bonchev–Trinajstić information content (AvgIpc) is 3.12. The Morgan fingerprint density at radius 1 is 1.41 bits per heavy atom. The Labute approximate surface area is 167 Å². The lowest BCUT2D eigenvalue weighted by atomic mass is 10.2. The van der Waals surface area contributed by atoms with Crippen LogP contribution in [-0.4, -0.2) is 76.1 Å². The smallest absolute Gasteiger partial charge is 0.418 e. The lowest BCUT2D eigenvalue weighted by molar-refractivity contribution is -0.0183. The molecule has 1 unspecified atom stereocenters. The van der Waals surface area contributed by atoms with E-state index in [1.165, 1.54) is 4.90 Å². The summed E-state index contributed by atoms with van der Waals surface area (Å²) in [7, 11) is -4.80. The molecule has 0 spiro atoms. The molecule has 2 N–H and O–H groups in total. The van der Waals surface area contributed by atoms with Gasteiger partial charge in [0.1, 0.15) is 11.6 Å². The van der Waals surface area contributed by atoms with E-state index < -0.39 is 34.2 Å². The molecule has 1 aromatic rings. The largest absolute Gasteiger partial charge is 0.444 e. The van der Waals surface area contributed by atoms with Crippen LogP contribution in [0.4, 0.5) is 9.59 Å². The normalized spacial score (nSPS) is 19.4. The summed E-state index contributed by atoms with van der Waals surface area (Å²) in [6.45, 7) is 6.13. The number of hydrogen-bond donors (Lipinski definition) is 2. The summed E-state index contributed by atoms with van der Waals surface area (Å²) in [5.74, 6) is 0. The minimum atomic E-state index is -4.80. The van der Waals surface area contributed by atoms with E-state index in [2.05, 4.69) is 14.7 Å². The van der Waals surface area contributed by atoms with E-state index in [4.69, 9.17) is 9.29 Å². The highest BCUT2D eigenvalue weighted by Gasteiger charge is 2.43. The van der Waals surface area contributed by atoms with Crippen molar-refractivity contribution in [1.29, 1.82) is 0 Å². The number of urea groups is 1. The van der Waals surface area contributed by atoms with Crippen LogP contribution in [0.15, 0.2) is 18.3 Å². The van der Waals surface area contributed by atoms with E-state index in [0.29, 0.717) is 29.4 Å². The molecule has 1 saturated heterocycles. The van der Waals surface area contributed by atoms with Crippen molar-refractivity contribution in [3.8, 4) is 0 Å². The summed E-state index contributed by atoms with van der Waals surface area (Å²) in [6, 6.07) is 0.444. The molecule has 1 atom stereocenters. The van der Waals surface area contributed by atoms with E-state index in [-0.39, 0.29) is 13.1 Å². The molecule has 2 aliphatic heterocycles. The minimum Gasteiger partial charge on any atom is -0.444 e. The summed E-state index contributed by atoms with van der Waals surface area (Å²) < 4.78 is 41.8. The van der Waals surface area contributed by atoms with Crippen molar-refractivity contribution in [3.63, 3.8) is 0 Å². The van der Waals surface area contributed by atoms with Crippen LogP contribution in [-0.2, 0) is 25.8 Å². The van der Waals surface area contributed by atoms with E-state index in [9.17, 15) is 18.0 Å². The van der Waals surface area contributed by atoms with E-state index in [1.54, 1.807) is 43.8 Å². The fourth-order valence-corrected chi connectivity index (χ4v) is 3.36. The van der Waals surface area contributed by atoms with E-state index >= 15 is 0 Å². The van der Waals surface area contributed by atoms with Gasteiger partial charge in [0.25, 0.3) is 0 Å². The highest BCUT2D eigenvalue weighted by atomic mass is 32.3. The Kier molecular flexibility index (Phi) is 5.56. The highest BCUT2D eigenvalue weighted by molar-refractivity contribution is 7.80. The fraction of sp³-hybridized carbons (Fsp3) is 0.562. The Balaban J connectivity index is 1.60. The van der Waals surface area contributed by atoms with Gasteiger partial charge in [0.05, 0.1) is 17.9 Å². The molecule has 2 bridgehead atoms. The van der Waals surface area contributed by atoms with Gasteiger partial charge in [-0.25, -0.2) is 14.3 Å². The molecular formula is C16H23N5O7S. The molecule has 1 fully saturated rings. The maximum absolute atomic E-state index is 12.2. The third kappa shape index (κ3) is 5.46. The second-order valence-corrected chi connectivity index (χ2v) is 8.65. The van der Waals surface area contributed by atoms with Gasteiger partial charge in [-0.05, 0) is 32.9 Å². The maximum atomic E-state index is 12.2. The minimum absolute atomic E-state index is 0.206. The number of carbonyl (C=O) groups is 2. The molecular weight excluding hydrogens is 406 g/mol. The molecule has 1 aromatic heterocycles. The zero-order chi connectivity index (χ0) is 21.4. The van der Waals surface area contributed by atoms with Gasteiger partial charge in [-0.15, -0.1) is 4.28 Å². The number of nitrogens with one attached hydrogen (secondary N) is 1. The van der Waals surface area contributed by atoms with Crippen LogP contribution >= 0.6 is 0 Å². The van der Waals surface area contributed by atoms with Crippen molar-refractivity contribution >= 4 is 28.2 Å². The number of fused-ring (bicyclic) bond motifs is 2. The third-order valence-corrected chi connectivity index (χ3v) is 4.42. The first-order chi connectivity index (χ1) is 13.4. The SMILES string of the molecule is CC(C)(C)OC(=O)NCCc1ccn(C2=CC3CN(C2)C(=O)N3OS(=O)(=O)O)n1. The number of hydrogen-bond acceptors (Lipinski definition) is 7. The molecule has 3 heterocycles. The number of carbonyl (C=O) groups excluding carboxylic acids is 2. The van der Waals surface area contributed by atoms with E-state index in [0.717, 1.165) is 0 Å². The predicted octanol–water partition coefficient (Wildman–Crippen LogP) is 0.645. The summed E-state index contributed by atoms with van der Waals surface area (Å²) in [5, 5.41) is 7.69. The molecule has 0 saturated carbocycles. The highest BCUT2D eigenvalue weighted by Crippen LogP contribution is 2.27. The van der Waals surface area contributed by atoms with Crippen LogP contribution in [0.25, 0.3) is 5.70 Å². The van der Waals surface area contributed by atoms with Crippen molar-refractivity contribution < 1.29 is 31.6 Å². The standard InChI is InChI=1S/C16H23N5O7S/c1-16(2,3)27-14(22)17-6-4-11-5-7-20(18-11)12-8-13-10-19(9-12)15(23)21(13)28-29(24,25)26/h5,7-8,13H,4,6,9-10H2,1-3H3,(H,17,22)(H,24,25,26). The second kappa shape index (κ2) is 7.65. The van der Waals surface area contributed by atoms with Crippen LogP contribution < -0.4 is 5.32 Å². The monoisotopic (exact) mass is 429 g/mol. The zero-order valence-electron chi connectivity index (χ0n) is 16.2. The molecule has 160 valence electrons. The number of aromatic nitrogens is 2. The van der Waals surface area contributed by atoms with Gasteiger partial charge in [-0.3, -0.25) is 4.55 Å². The quantitative estimate of drug-likeness (QED) is 0.627. The van der Waals surface area contributed by atoms with Crippen molar-refractivity contribution in [1.82, 2.24) is 25.1 Å². The Bertz CT molecular complexity index is 934. The molecule has 0 aliphatic carbocycles. The first-order valence-corrected chi connectivity index (χ1v) is 10.3. The van der Waals surface area contributed by atoms with Gasteiger partial charge < -0.3 is 15.0 Å². The summed E-state index contributed by atoms with van der Waals surface area (Å²) in [5.41, 5.74) is 0.799. The maximum Gasteiger partial charge on any atom is 0.418 e. The van der Waals surface area contributed by atoms with Gasteiger partial charge in [0, 0.05) is 25.7 Å². The Hall–Kier alpha value is -2.64. The van der Waals surface area contributed by atoms with Gasteiger partial charge in [-0.2, -0.15) is 18.6 Å². The van der Waals surface area contributed by atoms with Crippen LogP contribution in [0.5, 0.6) is 0 Å². The number of rotatable bonds is 6. The molecule has 0 aromatic carbocycles. The number of alkyl carbamates (subject to hydrolysis) is 1. The summed E-state index contributed by atoms with van der Waals surface area (Å²) in [4.78, 5) is 25.2. The van der Waals surface area contributed by atoms with Crippen LogP contribution in [0.3, 0.4) is 0 Å². The topological polar surface area (TPSA) is 143 Å². The number of ether oxygens (including phenoxy) is 1. The number of hydroxylamine groups is 2. The molecule has 29 heavy (non-hydrogen) atoms. The van der Waals surface area contributed by atoms with Gasteiger partial charge in [0.2, 0.25) is 0 Å². The molecule has 13 heteroatoms. The number of amides is 3. The van der Waals surface area contributed by atoms with Crippen molar-refractivity contribution in [3.05, 3.63) is 24.0 Å². The fourth-order valence-electron chi connectivity index (χ4n) is 2.98. The molecule has 3 rings (SSSR count). The van der Waals surface area contributed by atoms with Crippen molar-refractivity contribution in [2.45, 2.75) is 38.8 Å². The Morgan fingerprint density at radius 3 is 2.79 bits per heavy atom. The Morgan fingerprint density at radius 2 is 2.14 bits per heavy atom. The van der Waals surface area contributed by atoms with Gasteiger partial charge in [0.15, 0.2) is 0 Å². The first-order valence-electron chi connectivity index (χ1n) is 8.89.